The highest BCUT2D eigenvalue weighted by atomic mass is 35.5. The van der Waals surface area contributed by atoms with Crippen LogP contribution in [0, 0.1) is 6.92 Å². The third-order valence-electron chi connectivity index (χ3n) is 2.42. The number of benzene rings is 1. The van der Waals surface area contributed by atoms with E-state index in [-0.39, 0.29) is 12.6 Å². The molecule has 0 spiro atoms. The molecule has 2 amide bonds. The van der Waals surface area contributed by atoms with Crippen molar-refractivity contribution in [2.75, 3.05) is 31.7 Å². The molecule has 0 unspecified atom stereocenters. The van der Waals surface area contributed by atoms with Crippen LogP contribution in [0.5, 0.6) is 0 Å². The summed E-state index contributed by atoms with van der Waals surface area (Å²) in [5.41, 5.74) is 1.65. The number of hydrogen-bond donors (Lipinski definition) is 3. The molecule has 0 fully saturated rings. The van der Waals surface area contributed by atoms with E-state index in [1.165, 1.54) is 0 Å². The molecule has 1 aromatic carbocycles. The average Bonchev–Trinajstić information content (AvgIpc) is 2.37. The fraction of sp³-hybridized carbons (Fsp3) is 0.462. The molecule has 1 aromatic rings. The van der Waals surface area contributed by atoms with Crippen LogP contribution < -0.4 is 10.6 Å². The van der Waals surface area contributed by atoms with E-state index >= 15 is 0 Å². The van der Waals surface area contributed by atoms with Gasteiger partial charge in [0.2, 0.25) is 0 Å². The lowest BCUT2D eigenvalue weighted by atomic mass is 10.2. The third-order valence-corrected chi connectivity index (χ3v) is 2.66. The molecule has 0 saturated carbocycles. The Labute approximate surface area is 117 Å². The molecule has 6 heteroatoms. The van der Waals surface area contributed by atoms with Gasteiger partial charge in [0.1, 0.15) is 0 Å². The number of aliphatic hydroxyl groups excluding tert-OH is 1. The molecule has 0 aliphatic heterocycles. The van der Waals surface area contributed by atoms with Crippen molar-refractivity contribution in [1.82, 2.24) is 5.32 Å². The molecule has 0 saturated heterocycles. The van der Waals surface area contributed by atoms with Gasteiger partial charge < -0.3 is 20.5 Å². The average molecular weight is 287 g/mol. The quantitative estimate of drug-likeness (QED) is 0.673. The topological polar surface area (TPSA) is 70.6 Å². The zero-order valence-corrected chi connectivity index (χ0v) is 11.7. The number of hydrogen-bond acceptors (Lipinski definition) is 3. The summed E-state index contributed by atoms with van der Waals surface area (Å²) in [7, 11) is 0. The van der Waals surface area contributed by atoms with Crippen LogP contribution in [0.25, 0.3) is 0 Å². The van der Waals surface area contributed by atoms with Crippen molar-refractivity contribution in [3.05, 3.63) is 28.8 Å². The van der Waals surface area contributed by atoms with E-state index < -0.39 is 0 Å². The zero-order chi connectivity index (χ0) is 14.1. The number of halogens is 1. The molecule has 0 bridgehead atoms. The van der Waals surface area contributed by atoms with Gasteiger partial charge in [0, 0.05) is 23.9 Å². The van der Waals surface area contributed by atoms with E-state index in [1.54, 1.807) is 18.2 Å². The smallest absolute Gasteiger partial charge is 0.319 e. The third kappa shape index (κ3) is 6.42. The summed E-state index contributed by atoms with van der Waals surface area (Å²) in [5, 5.41) is 14.6. The number of urea groups is 1. The molecule has 5 nitrogen and oxygen atoms in total. The number of rotatable bonds is 7. The summed E-state index contributed by atoms with van der Waals surface area (Å²) in [4.78, 5) is 11.6. The number of anilines is 1. The second kappa shape index (κ2) is 8.74. The first-order valence-corrected chi connectivity index (χ1v) is 6.51. The Morgan fingerprint density at radius 3 is 2.89 bits per heavy atom. The number of ether oxygens (including phenoxy) is 1. The first kappa shape index (κ1) is 15.8. The lowest BCUT2D eigenvalue weighted by molar-refractivity contribution is 0.0910. The van der Waals surface area contributed by atoms with Crippen molar-refractivity contribution in [3.8, 4) is 0 Å². The first-order valence-electron chi connectivity index (χ1n) is 6.13. The summed E-state index contributed by atoms with van der Waals surface area (Å²) in [5.74, 6) is 0. The van der Waals surface area contributed by atoms with Crippen LogP contribution in [0.4, 0.5) is 10.5 Å². The van der Waals surface area contributed by atoms with Crippen molar-refractivity contribution in [2.45, 2.75) is 13.3 Å². The van der Waals surface area contributed by atoms with Crippen molar-refractivity contribution in [2.24, 2.45) is 0 Å². The molecular formula is C13H19ClN2O3. The van der Waals surface area contributed by atoms with Gasteiger partial charge in [-0.15, -0.1) is 0 Å². The van der Waals surface area contributed by atoms with Crippen molar-refractivity contribution >= 4 is 23.3 Å². The maximum atomic E-state index is 11.6. The normalized spacial score (nSPS) is 10.3. The second-order valence-corrected chi connectivity index (χ2v) is 4.47. The molecule has 1 rings (SSSR count). The van der Waals surface area contributed by atoms with Crippen molar-refractivity contribution < 1.29 is 14.6 Å². The highest BCUT2D eigenvalue weighted by Gasteiger charge is 2.04. The molecule has 0 aliphatic rings. The molecule has 0 radical (unpaired) electrons. The number of amides is 2. The standard InChI is InChI=1S/C13H19ClN2O3/c1-10-9-11(14)3-4-12(10)16-13(18)15-5-2-7-19-8-6-17/h3-4,9,17H,2,5-8H2,1H3,(H2,15,16,18). The fourth-order valence-corrected chi connectivity index (χ4v) is 1.70. The SMILES string of the molecule is Cc1cc(Cl)ccc1NC(=O)NCCCOCCO. The number of carbonyl (C=O) groups is 1. The van der Waals surface area contributed by atoms with Crippen LogP contribution >= 0.6 is 11.6 Å². The Bertz CT molecular complexity index is 413. The predicted octanol–water partition coefficient (Wildman–Crippen LogP) is 2.17. The van der Waals surface area contributed by atoms with Crippen LogP contribution in [0.15, 0.2) is 18.2 Å². The summed E-state index contributed by atoms with van der Waals surface area (Å²) in [6, 6.07) is 5.03. The van der Waals surface area contributed by atoms with Gasteiger partial charge in [-0.1, -0.05) is 11.6 Å². The van der Waals surface area contributed by atoms with Crippen molar-refractivity contribution in [1.29, 1.82) is 0 Å². The van der Waals surface area contributed by atoms with Crippen LogP contribution in [0.1, 0.15) is 12.0 Å². The van der Waals surface area contributed by atoms with Gasteiger partial charge in [-0.05, 0) is 37.1 Å². The van der Waals surface area contributed by atoms with E-state index in [0.717, 1.165) is 11.3 Å². The van der Waals surface area contributed by atoms with Gasteiger partial charge in [-0.25, -0.2) is 4.79 Å². The van der Waals surface area contributed by atoms with Crippen LogP contribution in [0.2, 0.25) is 5.02 Å². The minimum Gasteiger partial charge on any atom is -0.394 e. The van der Waals surface area contributed by atoms with E-state index in [1.807, 2.05) is 6.92 Å². The molecule has 0 atom stereocenters. The monoisotopic (exact) mass is 286 g/mol. The minimum absolute atomic E-state index is 0.0176. The molecule has 0 aliphatic carbocycles. The summed E-state index contributed by atoms with van der Waals surface area (Å²) >= 11 is 5.84. The predicted molar refractivity (Wildman–Crippen MR) is 75.7 cm³/mol. The largest absolute Gasteiger partial charge is 0.394 e. The Balaban J connectivity index is 2.23. The molecule has 3 N–H and O–H groups in total. The number of nitrogens with one attached hydrogen (secondary N) is 2. The molecular weight excluding hydrogens is 268 g/mol. The van der Waals surface area contributed by atoms with Crippen LogP contribution in [-0.2, 0) is 4.74 Å². The lowest BCUT2D eigenvalue weighted by Gasteiger charge is -2.10. The van der Waals surface area contributed by atoms with Gasteiger partial charge in [-0.3, -0.25) is 0 Å². The van der Waals surface area contributed by atoms with Crippen LogP contribution in [-0.4, -0.2) is 37.5 Å². The maximum Gasteiger partial charge on any atom is 0.319 e. The van der Waals surface area contributed by atoms with Crippen LogP contribution in [0.3, 0.4) is 0 Å². The highest BCUT2D eigenvalue weighted by molar-refractivity contribution is 6.30. The Kier molecular flexibility index (Phi) is 7.25. The first-order chi connectivity index (χ1) is 9.13. The maximum absolute atomic E-state index is 11.6. The lowest BCUT2D eigenvalue weighted by Crippen LogP contribution is -2.30. The highest BCUT2D eigenvalue weighted by Crippen LogP contribution is 2.19. The van der Waals surface area contributed by atoms with Crippen molar-refractivity contribution in [3.63, 3.8) is 0 Å². The molecule has 0 heterocycles. The van der Waals surface area contributed by atoms with Gasteiger partial charge >= 0.3 is 6.03 Å². The summed E-state index contributed by atoms with van der Waals surface area (Å²) < 4.78 is 5.08. The van der Waals surface area contributed by atoms with Gasteiger partial charge in [-0.2, -0.15) is 0 Å². The molecule has 0 aromatic heterocycles. The summed E-state index contributed by atoms with van der Waals surface area (Å²) in [6.45, 7) is 3.26. The number of aryl methyl sites for hydroxylation is 1. The molecule has 19 heavy (non-hydrogen) atoms. The Hall–Kier alpha value is -1.30. The number of carbonyl (C=O) groups excluding carboxylic acids is 1. The van der Waals surface area contributed by atoms with Gasteiger partial charge in [0.15, 0.2) is 0 Å². The fourth-order valence-electron chi connectivity index (χ4n) is 1.48. The molecule has 106 valence electrons. The van der Waals surface area contributed by atoms with Gasteiger partial charge in [0.05, 0.1) is 13.2 Å². The van der Waals surface area contributed by atoms with E-state index in [9.17, 15) is 4.79 Å². The number of aliphatic hydroxyl groups is 1. The Morgan fingerprint density at radius 2 is 2.21 bits per heavy atom. The zero-order valence-electron chi connectivity index (χ0n) is 10.9. The van der Waals surface area contributed by atoms with E-state index in [0.29, 0.717) is 31.2 Å². The van der Waals surface area contributed by atoms with Gasteiger partial charge in [0.25, 0.3) is 0 Å². The summed E-state index contributed by atoms with van der Waals surface area (Å²) in [6.07, 6.45) is 0.701. The second-order valence-electron chi connectivity index (χ2n) is 4.03. The van der Waals surface area contributed by atoms with E-state index in [4.69, 9.17) is 21.4 Å². The van der Waals surface area contributed by atoms with E-state index in [2.05, 4.69) is 10.6 Å². The Morgan fingerprint density at radius 1 is 1.42 bits per heavy atom. The minimum atomic E-state index is -0.257.